The average Bonchev–Trinajstić information content (AvgIpc) is 3.22. The van der Waals surface area contributed by atoms with E-state index < -0.39 is 0 Å². The Morgan fingerprint density at radius 2 is 1.50 bits per heavy atom. The Morgan fingerprint density at radius 1 is 0.833 bits per heavy atom. The number of hydrogen-bond acceptors (Lipinski definition) is 3. The zero-order valence-corrected chi connectivity index (χ0v) is 14.5. The van der Waals surface area contributed by atoms with Crippen LogP contribution in [0, 0.1) is 0 Å². The Labute approximate surface area is 144 Å². The molecule has 0 aliphatic rings. The smallest absolute Gasteiger partial charge is 0.113 e. The molecule has 2 aromatic heterocycles. The van der Waals surface area contributed by atoms with Gasteiger partial charge < -0.3 is 0 Å². The van der Waals surface area contributed by atoms with E-state index in [1.54, 1.807) is 0 Å². The van der Waals surface area contributed by atoms with E-state index in [9.17, 15) is 0 Å². The molecule has 0 aliphatic carbocycles. The van der Waals surface area contributed by atoms with Crippen LogP contribution in [0.1, 0.15) is 53.5 Å². The molecule has 0 atom stereocenters. The highest BCUT2D eigenvalue weighted by Crippen LogP contribution is 2.19. The van der Waals surface area contributed by atoms with Gasteiger partial charge >= 0.3 is 0 Å². The van der Waals surface area contributed by atoms with Crippen LogP contribution < -0.4 is 0 Å². The summed E-state index contributed by atoms with van der Waals surface area (Å²) in [6, 6.07) is 12.6. The molecule has 0 bridgehead atoms. The van der Waals surface area contributed by atoms with E-state index in [2.05, 4.69) is 83.6 Å². The van der Waals surface area contributed by atoms with Crippen molar-refractivity contribution in [2.45, 2.75) is 39.5 Å². The van der Waals surface area contributed by atoms with Gasteiger partial charge in [0.1, 0.15) is 11.0 Å². The molecule has 0 saturated carbocycles. The van der Waals surface area contributed by atoms with Crippen LogP contribution >= 0.6 is 0 Å². The number of benzene rings is 2. The van der Waals surface area contributed by atoms with Gasteiger partial charge in [-0.15, -0.1) is 0 Å². The molecule has 0 aliphatic heterocycles. The number of hydrogen-bond donors (Lipinski definition) is 2. The molecule has 5 nitrogen and oxygen atoms in total. The van der Waals surface area contributed by atoms with Gasteiger partial charge in [0.25, 0.3) is 0 Å². The van der Waals surface area contributed by atoms with Crippen molar-refractivity contribution in [1.82, 2.24) is 25.6 Å². The van der Waals surface area contributed by atoms with Crippen molar-refractivity contribution in [1.29, 1.82) is 0 Å². The minimum atomic E-state index is 0. The third-order valence-corrected chi connectivity index (χ3v) is 4.14. The molecule has 2 N–H and O–H groups in total. The van der Waals surface area contributed by atoms with Gasteiger partial charge in [-0.05, 0) is 41.2 Å². The maximum Gasteiger partial charge on any atom is 0.113 e. The van der Waals surface area contributed by atoms with E-state index >= 15 is 0 Å². The normalized spacial score (nSPS) is 11.2. The fraction of sp³-hybridized carbons (Fsp3) is 0.316. The van der Waals surface area contributed by atoms with Crippen LogP contribution in [-0.2, 0) is 0 Å². The van der Waals surface area contributed by atoms with Crippen LogP contribution in [0.5, 0.6) is 0 Å². The number of aromatic nitrogens is 5. The lowest BCUT2D eigenvalue weighted by molar-refractivity contribution is 0.868. The summed E-state index contributed by atoms with van der Waals surface area (Å²) in [4.78, 5) is 0. The first-order valence-electron chi connectivity index (χ1n) is 8.28. The SMILES string of the molecule is CC(C)c1ccc2cn[nH]c2c1.CC(C)c1ccc2n[nH]nc2c1.[HH].[HH]. The molecular weight excluding hydrogens is 298 g/mol. The number of nitrogens with zero attached hydrogens (tertiary/aromatic N) is 3. The Kier molecular flexibility index (Phi) is 4.60. The highest BCUT2D eigenvalue weighted by Gasteiger charge is 2.02. The van der Waals surface area contributed by atoms with Gasteiger partial charge in [-0.25, -0.2) is 0 Å². The molecule has 0 unspecified atom stereocenters. The lowest BCUT2D eigenvalue weighted by atomic mass is 10.0. The highest BCUT2D eigenvalue weighted by atomic mass is 15.3. The van der Waals surface area contributed by atoms with E-state index in [0.29, 0.717) is 11.8 Å². The zero-order valence-electron chi connectivity index (χ0n) is 14.5. The topological polar surface area (TPSA) is 70.2 Å². The predicted molar refractivity (Wildman–Crippen MR) is 102 cm³/mol. The molecule has 0 saturated heterocycles. The van der Waals surface area contributed by atoms with Crippen LogP contribution in [0.3, 0.4) is 0 Å². The van der Waals surface area contributed by atoms with Gasteiger partial charge in [-0.2, -0.15) is 20.5 Å². The van der Waals surface area contributed by atoms with Crippen LogP contribution in [0.4, 0.5) is 0 Å². The number of aromatic amines is 2. The summed E-state index contributed by atoms with van der Waals surface area (Å²) in [5.41, 5.74) is 5.66. The number of rotatable bonds is 2. The van der Waals surface area contributed by atoms with E-state index in [4.69, 9.17) is 0 Å². The second-order valence-corrected chi connectivity index (χ2v) is 6.60. The quantitative estimate of drug-likeness (QED) is 0.528. The van der Waals surface area contributed by atoms with Gasteiger partial charge in [0.2, 0.25) is 0 Å². The summed E-state index contributed by atoms with van der Waals surface area (Å²) in [6.45, 7) is 8.72. The summed E-state index contributed by atoms with van der Waals surface area (Å²) >= 11 is 0. The largest absolute Gasteiger partial charge is 0.278 e. The van der Waals surface area contributed by atoms with Crippen molar-refractivity contribution < 1.29 is 2.85 Å². The number of H-pyrrole nitrogens is 2. The zero-order chi connectivity index (χ0) is 17.1. The summed E-state index contributed by atoms with van der Waals surface area (Å²) in [5.74, 6) is 1.13. The second kappa shape index (κ2) is 6.83. The van der Waals surface area contributed by atoms with Crippen molar-refractivity contribution in [2.75, 3.05) is 0 Å². The standard InChI is InChI=1S/C10H12N2.C9H11N3.2H2/c1-7(2)8-3-4-9-6-11-12-10(9)5-8;1-6(2)7-3-4-8-9(5-7)11-12-10-8;;/h3-7H,1-2H3,(H,11,12);3-6H,1-2H3,(H,10,11,12);2*1H. The summed E-state index contributed by atoms with van der Waals surface area (Å²) in [6.07, 6.45) is 1.85. The molecule has 5 heteroatoms. The van der Waals surface area contributed by atoms with Crippen LogP contribution in [0.15, 0.2) is 42.6 Å². The molecule has 0 spiro atoms. The molecule has 2 heterocycles. The summed E-state index contributed by atoms with van der Waals surface area (Å²) < 4.78 is 0. The first kappa shape index (κ1) is 16.2. The summed E-state index contributed by atoms with van der Waals surface area (Å²) in [7, 11) is 0. The first-order chi connectivity index (χ1) is 11.5. The van der Waals surface area contributed by atoms with Crippen molar-refractivity contribution in [3.8, 4) is 0 Å². The maximum absolute atomic E-state index is 4.03. The Hall–Kier alpha value is -2.69. The molecule has 0 radical (unpaired) electrons. The van der Waals surface area contributed by atoms with E-state index in [-0.39, 0.29) is 2.85 Å². The van der Waals surface area contributed by atoms with E-state index in [1.165, 1.54) is 16.5 Å². The fourth-order valence-electron chi connectivity index (χ4n) is 2.53. The fourth-order valence-corrected chi connectivity index (χ4v) is 2.53. The van der Waals surface area contributed by atoms with Crippen molar-refractivity contribution >= 4 is 21.9 Å². The van der Waals surface area contributed by atoms with Crippen molar-refractivity contribution in [2.24, 2.45) is 0 Å². The molecule has 2 aromatic carbocycles. The molecule has 128 valence electrons. The van der Waals surface area contributed by atoms with Crippen LogP contribution in [0.25, 0.3) is 21.9 Å². The molecule has 0 fully saturated rings. The van der Waals surface area contributed by atoms with Gasteiger partial charge in [0, 0.05) is 8.24 Å². The maximum atomic E-state index is 4.03. The monoisotopic (exact) mass is 325 g/mol. The van der Waals surface area contributed by atoms with Crippen molar-refractivity contribution in [3.05, 3.63) is 53.7 Å². The average molecular weight is 325 g/mol. The molecular formula is C19H27N5. The van der Waals surface area contributed by atoms with Gasteiger partial charge in [-0.1, -0.05) is 45.9 Å². The predicted octanol–water partition coefficient (Wildman–Crippen LogP) is 5.26. The molecule has 4 rings (SSSR count). The Morgan fingerprint density at radius 3 is 2.25 bits per heavy atom. The van der Waals surface area contributed by atoms with Crippen molar-refractivity contribution in [3.63, 3.8) is 0 Å². The minimum absolute atomic E-state index is 0. The molecule has 24 heavy (non-hydrogen) atoms. The Balaban J connectivity index is 0.000000241. The number of nitrogens with one attached hydrogen (secondary N) is 2. The van der Waals surface area contributed by atoms with Crippen LogP contribution in [-0.4, -0.2) is 25.6 Å². The minimum Gasteiger partial charge on any atom is -0.278 e. The third kappa shape index (κ3) is 3.45. The van der Waals surface area contributed by atoms with E-state index in [1.807, 2.05) is 12.3 Å². The van der Waals surface area contributed by atoms with Crippen LogP contribution in [0.2, 0.25) is 0 Å². The van der Waals surface area contributed by atoms with Gasteiger partial charge in [-0.3, -0.25) is 5.10 Å². The van der Waals surface area contributed by atoms with E-state index in [0.717, 1.165) is 16.6 Å². The lowest BCUT2D eigenvalue weighted by Gasteiger charge is -2.03. The Bertz CT molecular complexity index is 865. The number of fused-ring (bicyclic) bond motifs is 2. The second-order valence-electron chi connectivity index (χ2n) is 6.60. The summed E-state index contributed by atoms with van der Waals surface area (Å²) in [5, 5.41) is 18.7. The molecule has 0 amide bonds. The lowest BCUT2D eigenvalue weighted by Crippen LogP contribution is -1.85. The van der Waals surface area contributed by atoms with Gasteiger partial charge in [0.05, 0.1) is 11.7 Å². The van der Waals surface area contributed by atoms with Gasteiger partial charge in [0.15, 0.2) is 0 Å². The first-order valence-corrected chi connectivity index (χ1v) is 8.28. The third-order valence-electron chi connectivity index (χ3n) is 4.14. The highest BCUT2D eigenvalue weighted by molar-refractivity contribution is 5.78. The molecule has 4 aromatic rings.